The number of carbonyl (C=O) groups excluding carboxylic acids is 1. The van der Waals surface area contributed by atoms with Gasteiger partial charge in [-0.05, 0) is 18.2 Å². The highest BCUT2D eigenvalue weighted by molar-refractivity contribution is 6.30. The van der Waals surface area contributed by atoms with Gasteiger partial charge in [-0.25, -0.2) is 4.98 Å². The van der Waals surface area contributed by atoms with E-state index in [-0.39, 0.29) is 5.91 Å². The van der Waals surface area contributed by atoms with Crippen LogP contribution in [-0.2, 0) is 0 Å². The van der Waals surface area contributed by atoms with E-state index in [9.17, 15) is 4.79 Å². The molecule has 0 amide bonds. The molecule has 0 aliphatic carbocycles. The Kier molecular flexibility index (Phi) is 2.89. The second kappa shape index (κ2) is 4.70. The molecule has 0 radical (unpaired) electrons. The lowest BCUT2D eigenvalue weighted by Gasteiger charge is -1.96. The second-order valence-corrected chi connectivity index (χ2v) is 4.39. The molecule has 0 fully saturated rings. The molecule has 0 saturated carbocycles. The molecule has 0 spiro atoms. The van der Waals surface area contributed by atoms with Gasteiger partial charge in [-0.15, -0.1) is 0 Å². The van der Waals surface area contributed by atoms with E-state index < -0.39 is 0 Å². The van der Waals surface area contributed by atoms with Crippen molar-refractivity contribution in [2.45, 2.75) is 0 Å². The third-order valence-corrected chi connectivity index (χ3v) is 2.90. The molecule has 0 aliphatic rings. The monoisotopic (exact) mass is 272 g/mol. The van der Waals surface area contributed by atoms with Crippen molar-refractivity contribution in [3.8, 4) is 11.3 Å². The van der Waals surface area contributed by atoms with Crippen LogP contribution in [0.4, 0.5) is 0 Å². The normalized spacial score (nSPS) is 10.6. The number of hydrogen-bond donors (Lipinski definition) is 1. The molecule has 6 heteroatoms. The van der Waals surface area contributed by atoms with Gasteiger partial charge in [-0.2, -0.15) is 5.10 Å². The van der Waals surface area contributed by atoms with Crippen molar-refractivity contribution in [2.75, 3.05) is 0 Å². The number of benzene rings is 1. The number of hydrogen-bond acceptors (Lipinski definition) is 3. The van der Waals surface area contributed by atoms with Gasteiger partial charge in [-0.3, -0.25) is 14.5 Å². The lowest BCUT2D eigenvalue weighted by atomic mass is 10.1. The van der Waals surface area contributed by atoms with Crippen molar-refractivity contribution in [1.29, 1.82) is 0 Å². The van der Waals surface area contributed by atoms with Crippen molar-refractivity contribution in [1.82, 2.24) is 19.7 Å². The molecule has 0 bridgehead atoms. The fraction of sp³-hybridized carbons (Fsp3) is 0. The smallest absolute Gasteiger partial charge is 0.272 e. The predicted octanol–water partition coefficient (Wildman–Crippen LogP) is 2.62. The summed E-state index contributed by atoms with van der Waals surface area (Å²) in [4.78, 5) is 15.9. The largest absolute Gasteiger partial charge is 0.281 e. The van der Waals surface area contributed by atoms with Crippen molar-refractivity contribution in [3.05, 3.63) is 59.8 Å². The zero-order valence-corrected chi connectivity index (χ0v) is 10.5. The first-order valence-electron chi connectivity index (χ1n) is 5.58. The number of imidazole rings is 1. The summed E-state index contributed by atoms with van der Waals surface area (Å²) in [5.41, 5.74) is 1.92. The first-order chi connectivity index (χ1) is 9.24. The standard InChI is InChI=1S/C13H9ClN4O/c14-10-3-1-2-9(6-10)11-7-12(17-16-11)13(19)18-5-4-15-8-18/h1-8H,(H,16,17). The molecular weight excluding hydrogens is 264 g/mol. The van der Waals surface area contributed by atoms with Crippen LogP contribution in [0.3, 0.4) is 0 Å². The zero-order chi connectivity index (χ0) is 13.2. The summed E-state index contributed by atoms with van der Waals surface area (Å²) in [5.74, 6) is -0.210. The highest BCUT2D eigenvalue weighted by atomic mass is 35.5. The predicted molar refractivity (Wildman–Crippen MR) is 71.0 cm³/mol. The maximum atomic E-state index is 12.0. The summed E-state index contributed by atoms with van der Waals surface area (Å²) in [6.45, 7) is 0. The van der Waals surface area contributed by atoms with Crippen LogP contribution in [0.2, 0.25) is 5.02 Å². The SMILES string of the molecule is O=C(c1cc(-c2cccc(Cl)c2)n[nH]1)n1ccnc1. The van der Waals surface area contributed by atoms with E-state index in [2.05, 4.69) is 15.2 Å². The van der Waals surface area contributed by atoms with Gasteiger partial charge >= 0.3 is 0 Å². The molecule has 19 heavy (non-hydrogen) atoms. The van der Waals surface area contributed by atoms with Crippen LogP contribution in [-0.4, -0.2) is 25.7 Å². The quantitative estimate of drug-likeness (QED) is 0.780. The molecule has 94 valence electrons. The van der Waals surface area contributed by atoms with Crippen LogP contribution >= 0.6 is 11.6 Å². The minimum absolute atomic E-state index is 0.210. The van der Waals surface area contributed by atoms with E-state index in [0.29, 0.717) is 16.4 Å². The number of carbonyl (C=O) groups is 1. The maximum Gasteiger partial charge on any atom is 0.281 e. The highest BCUT2D eigenvalue weighted by Crippen LogP contribution is 2.21. The van der Waals surface area contributed by atoms with Crippen LogP contribution in [0.15, 0.2) is 49.1 Å². The van der Waals surface area contributed by atoms with Crippen LogP contribution < -0.4 is 0 Å². The number of rotatable bonds is 2. The number of nitrogens with zero attached hydrogens (tertiary/aromatic N) is 3. The zero-order valence-electron chi connectivity index (χ0n) is 9.75. The molecule has 2 heterocycles. The van der Waals surface area contributed by atoms with Crippen molar-refractivity contribution in [2.24, 2.45) is 0 Å². The summed E-state index contributed by atoms with van der Waals surface area (Å²) in [6, 6.07) is 8.99. The van der Waals surface area contributed by atoms with Gasteiger partial charge in [0, 0.05) is 23.0 Å². The molecule has 1 N–H and O–H groups in total. The first kappa shape index (κ1) is 11.7. The van der Waals surface area contributed by atoms with E-state index in [1.54, 1.807) is 30.6 Å². The van der Waals surface area contributed by atoms with Gasteiger partial charge in [0.1, 0.15) is 12.0 Å². The number of halogens is 1. The maximum absolute atomic E-state index is 12.0. The summed E-state index contributed by atoms with van der Waals surface area (Å²) < 4.78 is 1.38. The average molecular weight is 273 g/mol. The molecular formula is C13H9ClN4O. The van der Waals surface area contributed by atoms with E-state index in [1.807, 2.05) is 12.1 Å². The lowest BCUT2D eigenvalue weighted by molar-refractivity contribution is 0.0955. The fourth-order valence-corrected chi connectivity index (χ4v) is 1.94. The minimum Gasteiger partial charge on any atom is -0.272 e. The summed E-state index contributed by atoms with van der Waals surface area (Å²) in [7, 11) is 0. The van der Waals surface area contributed by atoms with Gasteiger partial charge in [0.15, 0.2) is 0 Å². The molecule has 2 aromatic heterocycles. The Labute approximate surface area is 113 Å². The van der Waals surface area contributed by atoms with E-state index in [4.69, 9.17) is 11.6 Å². The van der Waals surface area contributed by atoms with Gasteiger partial charge < -0.3 is 0 Å². The molecule has 0 saturated heterocycles. The molecule has 5 nitrogen and oxygen atoms in total. The van der Waals surface area contributed by atoms with Crippen molar-refractivity contribution >= 4 is 17.5 Å². The summed E-state index contributed by atoms with van der Waals surface area (Å²) in [5, 5.41) is 7.47. The van der Waals surface area contributed by atoms with E-state index in [0.717, 1.165) is 5.56 Å². The van der Waals surface area contributed by atoms with Gasteiger partial charge in [0.05, 0.1) is 5.69 Å². The Bertz CT molecular complexity index is 718. The van der Waals surface area contributed by atoms with E-state index >= 15 is 0 Å². The minimum atomic E-state index is -0.210. The molecule has 0 aliphatic heterocycles. The molecule has 1 aromatic carbocycles. The lowest BCUT2D eigenvalue weighted by Crippen LogP contribution is -2.09. The summed E-state index contributed by atoms with van der Waals surface area (Å²) >= 11 is 5.93. The van der Waals surface area contributed by atoms with Crippen LogP contribution in [0.5, 0.6) is 0 Å². The second-order valence-electron chi connectivity index (χ2n) is 3.95. The Morgan fingerprint density at radius 3 is 2.95 bits per heavy atom. The Hall–Kier alpha value is -2.40. The third-order valence-electron chi connectivity index (χ3n) is 2.67. The van der Waals surface area contributed by atoms with Gasteiger partial charge in [0.2, 0.25) is 0 Å². The van der Waals surface area contributed by atoms with Crippen LogP contribution in [0.25, 0.3) is 11.3 Å². The highest BCUT2D eigenvalue weighted by Gasteiger charge is 2.12. The van der Waals surface area contributed by atoms with Crippen molar-refractivity contribution in [3.63, 3.8) is 0 Å². The van der Waals surface area contributed by atoms with Gasteiger partial charge in [-0.1, -0.05) is 23.7 Å². The molecule has 3 rings (SSSR count). The first-order valence-corrected chi connectivity index (χ1v) is 5.96. The number of aromatic amines is 1. The average Bonchev–Trinajstić information content (AvgIpc) is 3.10. The third kappa shape index (κ3) is 2.28. The van der Waals surface area contributed by atoms with Crippen LogP contribution in [0.1, 0.15) is 10.5 Å². The Morgan fingerprint density at radius 1 is 1.32 bits per heavy atom. The fourth-order valence-electron chi connectivity index (χ4n) is 1.75. The van der Waals surface area contributed by atoms with E-state index in [1.165, 1.54) is 10.9 Å². The molecule has 3 aromatic rings. The number of aromatic nitrogens is 4. The number of H-pyrrole nitrogens is 1. The topological polar surface area (TPSA) is 63.6 Å². The number of nitrogens with one attached hydrogen (secondary N) is 1. The Morgan fingerprint density at radius 2 is 2.21 bits per heavy atom. The van der Waals surface area contributed by atoms with Crippen molar-refractivity contribution < 1.29 is 4.79 Å². The molecule has 0 unspecified atom stereocenters. The molecule has 0 atom stereocenters. The summed E-state index contributed by atoms with van der Waals surface area (Å²) in [6.07, 6.45) is 4.58. The van der Waals surface area contributed by atoms with Gasteiger partial charge in [0.25, 0.3) is 5.91 Å². The van der Waals surface area contributed by atoms with Crippen LogP contribution in [0, 0.1) is 0 Å². The Balaban J connectivity index is 1.94.